The van der Waals surface area contributed by atoms with Gasteiger partial charge in [-0.05, 0) is 24.1 Å². The van der Waals surface area contributed by atoms with Gasteiger partial charge < -0.3 is 9.88 Å². The highest BCUT2D eigenvalue weighted by Crippen LogP contribution is 2.14. The molecule has 0 aliphatic heterocycles. The smallest absolute Gasteiger partial charge is 0.224 e. The zero-order chi connectivity index (χ0) is 12.3. The van der Waals surface area contributed by atoms with Crippen molar-refractivity contribution in [3.05, 3.63) is 30.1 Å². The van der Waals surface area contributed by atoms with Crippen molar-refractivity contribution in [3.63, 3.8) is 0 Å². The third-order valence-electron chi connectivity index (χ3n) is 2.73. The van der Waals surface area contributed by atoms with Gasteiger partial charge >= 0.3 is 0 Å². The van der Waals surface area contributed by atoms with E-state index in [4.69, 9.17) is 0 Å². The van der Waals surface area contributed by atoms with Gasteiger partial charge in [0.05, 0.1) is 23.8 Å². The molecule has 1 heterocycles. The summed E-state index contributed by atoms with van der Waals surface area (Å²) in [5.74, 6) is 0.0714. The van der Waals surface area contributed by atoms with Crippen LogP contribution in [0.4, 0.5) is 0 Å². The Hall–Kier alpha value is -1.84. The third-order valence-corrected chi connectivity index (χ3v) is 2.73. The highest BCUT2D eigenvalue weighted by atomic mass is 16.1. The molecule has 17 heavy (non-hydrogen) atoms. The van der Waals surface area contributed by atoms with Gasteiger partial charge in [-0.15, -0.1) is 0 Å². The molecule has 1 aromatic carbocycles. The minimum absolute atomic E-state index is 0.0714. The van der Waals surface area contributed by atoms with E-state index in [1.54, 1.807) is 6.33 Å². The lowest BCUT2D eigenvalue weighted by atomic mass is 10.1. The first kappa shape index (κ1) is 11.6. The molecule has 1 N–H and O–H groups in total. The van der Waals surface area contributed by atoms with Crippen molar-refractivity contribution in [1.82, 2.24) is 14.9 Å². The van der Waals surface area contributed by atoms with Crippen LogP contribution in [0.1, 0.15) is 18.9 Å². The van der Waals surface area contributed by atoms with Crippen molar-refractivity contribution in [3.8, 4) is 0 Å². The summed E-state index contributed by atoms with van der Waals surface area (Å²) in [6.45, 7) is 2.78. The Bertz CT molecular complexity index is 530. The fourth-order valence-electron chi connectivity index (χ4n) is 1.80. The predicted octanol–water partition coefficient (Wildman–Crippen LogP) is 1.64. The highest BCUT2D eigenvalue weighted by molar-refractivity contribution is 5.81. The van der Waals surface area contributed by atoms with Crippen LogP contribution in [-0.2, 0) is 18.3 Å². The van der Waals surface area contributed by atoms with Crippen molar-refractivity contribution in [1.29, 1.82) is 0 Å². The molecule has 0 fully saturated rings. The summed E-state index contributed by atoms with van der Waals surface area (Å²) < 4.78 is 1.97. The summed E-state index contributed by atoms with van der Waals surface area (Å²) in [5, 5.41) is 2.87. The van der Waals surface area contributed by atoms with Crippen LogP contribution in [0.5, 0.6) is 0 Å². The number of aromatic nitrogens is 2. The number of amides is 1. The lowest BCUT2D eigenvalue weighted by Crippen LogP contribution is -2.25. The molecule has 0 spiro atoms. The number of benzene rings is 1. The number of hydrogen-bond donors (Lipinski definition) is 1. The molecule has 0 saturated heterocycles. The maximum Gasteiger partial charge on any atom is 0.224 e. The SMILES string of the molecule is CCCNC(=O)Cc1ccc2c(c1)ncn2C. The molecule has 0 radical (unpaired) electrons. The normalized spacial score (nSPS) is 10.7. The monoisotopic (exact) mass is 231 g/mol. The van der Waals surface area contributed by atoms with Gasteiger partial charge in [0.2, 0.25) is 5.91 Å². The molecule has 0 bridgehead atoms. The zero-order valence-corrected chi connectivity index (χ0v) is 10.2. The molecular weight excluding hydrogens is 214 g/mol. The Morgan fingerprint density at radius 1 is 1.47 bits per heavy atom. The summed E-state index contributed by atoms with van der Waals surface area (Å²) >= 11 is 0. The van der Waals surface area contributed by atoms with E-state index < -0.39 is 0 Å². The molecule has 1 amide bonds. The van der Waals surface area contributed by atoms with Crippen molar-refractivity contribution in [2.75, 3.05) is 6.54 Å². The topological polar surface area (TPSA) is 46.9 Å². The van der Waals surface area contributed by atoms with Crippen LogP contribution in [0, 0.1) is 0 Å². The van der Waals surface area contributed by atoms with Crippen LogP contribution in [0.25, 0.3) is 11.0 Å². The first-order valence-corrected chi connectivity index (χ1v) is 5.87. The number of fused-ring (bicyclic) bond motifs is 1. The van der Waals surface area contributed by atoms with E-state index in [2.05, 4.69) is 10.3 Å². The van der Waals surface area contributed by atoms with E-state index in [0.29, 0.717) is 6.42 Å². The van der Waals surface area contributed by atoms with Crippen LogP contribution >= 0.6 is 0 Å². The second-order valence-corrected chi connectivity index (χ2v) is 4.21. The van der Waals surface area contributed by atoms with Gasteiger partial charge in [0, 0.05) is 13.6 Å². The van der Waals surface area contributed by atoms with Gasteiger partial charge in [0.15, 0.2) is 0 Å². The van der Waals surface area contributed by atoms with Crippen molar-refractivity contribution >= 4 is 16.9 Å². The fraction of sp³-hybridized carbons (Fsp3) is 0.385. The molecule has 0 aliphatic rings. The van der Waals surface area contributed by atoms with Gasteiger partial charge in [0.25, 0.3) is 0 Å². The molecule has 4 heteroatoms. The Morgan fingerprint density at radius 3 is 3.06 bits per heavy atom. The standard InChI is InChI=1S/C13H17N3O/c1-3-6-14-13(17)8-10-4-5-12-11(7-10)15-9-16(12)2/h4-5,7,9H,3,6,8H2,1-2H3,(H,14,17). The molecule has 1 aromatic heterocycles. The van der Waals surface area contributed by atoms with Crippen molar-refractivity contribution in [2.24, 2.45) is 7.05 Å². The predicted molar refractivity (Wildman–Crippen MR) is 67.7 cm³/mol. The Morgan fingerprint density at radius 2 is 2.29 bits per heavy atom. The average Bonchev–Trinajstić information content (AvgIpc) is 2.68. The molecule has 0 atom stereocenters. The number of carbonyl (C=O) groups excluding carboxylic acids is 1. The van der Waals surface area contributed by atoms with Crippen LogP contribution in [0.2, 0.25) is 0 Å². The molecule has 2 rings (SSSR count). The van der Waals surface area contributed by atoms with Gasteiger partial charge in [-0.1, -0.05) is 13.0 Å². The maximum absolute atomic E-state index is 11.6. The molecule has 0 unspecified atom stereocenters. The second kappa shape index (κ2) is 4.99. The second-order valence-electron chi connectivity index (χ2n) is 4.21. The zero-order valence-electron chi connectivity index (χ0n) is 10.2. The van der Waals surface area contributed by atoms with E-state index in [1.165, 1.54) is 0 Å². The number of hydrogen-bond acceptors (Lipinski definition) is 2. The first-order valence-electron chi connectivity index (χ1n) is 5.87. The van der Waals surface area contributed by atoms with Gasteiger partial charge in [-0.3, -0.25) is 4.79 Å². The van der Waals surface area contributed by atoms with E-state index in [0.717, 1.165) is 29.6 Å². The van der Waals surface area contributed by atoms with E-state index in [1.807, 2.05) is 36.7 Å². The fourth-order valence-corrected chi connectivity index (χ4v) is 1.80. The van der Waals surface area contributed by atoms with Gasteiger partial charge in [0.1, 0.15) is 0 Å². The summed E-state index contributed by atoms with van der Waals surface area (Å²) in [5.41, 5.74) is 3.03. The number of aryl methyl sites for hydroxylation is 1. The molecule has 4 nitrogen and oxygen atoms in total. The lowest BCUT2D eigenvalue weighted by Gasteiger charge is -2.03. The van der Waals surface area contributed by atoms with Crippen LogP contribution < -0.4 is 5.32 Å². The highest BCUT2D eigenvalue weighted by Gasteiger charge is 2.05. The molecule has 0 aliphatic carbocycles. The number of rotatable bonds is 4. The minimum Gasteiger partial charge on any atom is -0.356 e. The maximum atomic E-state index is 11.6. The Kier molecular flexibility index (Phi) is 3.42. The quantitative estimate of drug-likeness (QED) is 0.869. The van der Waals surface area contributed by atoms with Gasteiger partial charge in [-0.25, -0.2) is 4.98 Å². The van der Waals surface area contributed by atoms with E-state index in [9.17, 15) is 4.79 Å². The van der Waals surface area contributed by atoms with Crippen LogP contribution in [-0.4, -0.2) is 22.0 Å². The summed E-state index contributed by atoms with van der Waals surface area (Å²) in [7, 11) is 1.96. The summed E-state index contributed by atoms with van der Waals surface area (Å²) in [6.07, 6.45) is 3.17. The Balaban J connectivity index is 2.11. The van der Waals surface area contributed by atoms with Gasteiger partial charge in [-0.2, -0.15) is 0 Å². The van der Waals surface area contributed by atoms with Crippen LogP contribution in [0.3, 0.4) is 0 Å². The van der Waals surface area contributed by atoms with Crippen LogP contribution in [0.15, 0.2) is 24.5 Å². The Labute approximate surface area is 101 Å². The number of nitrogens with zero attached hydrogens (tertiary/aromatic N) is 2. The third kappa shape index (κ3) is 2.64. The summed E-state index contributed by atoms with van der Waals surface area (Å²) in [6, 6.07) is 5.96. The van der Waals surface area contributed by atoms with Crippen molar-refractivity contribution in [2.45, 2.75) is 19.8 Å². The number of carbonyl (C=O) groups is 1. The molecule has 2 aromatic rings. The van der Waals surface area contributed by atoms with E-state index >= 15 is 0 Å². The molecule has 90 valence electrons. The average molecular weight is 231 g/mol. The van der Waals surface area contributed by atoms with E-state index in [-0.39, 0.29) is 5.91 Å². The number of nitrogens with one attached hydrogen (secondary N) is 1. The number of imidazole rings is 1. The lowest BCUT2D eigenvalue weighted by molar-refractivity contribution is -0.120. The largest absolute Gasteiger partial charge is 0.356 e. The molecule has 0 saturated carbocycles. The summed E-state index contributed by atoms with van der Waals surface area (Å²) in [4.78, 5) is 15.9. The molecular formula is C13H17N3O. The van der Waals surface area contributed by atoms with Crippen molar-refractivity contribution < 1.29 is 4.79 Å². The first-order chi connectivity index (χ1) is 8.20. The minimum atomic E-state index is 0.0714.